The minimum atomic E-state index is -0.338. The number of nitrogens with one attached hydrogen (secondary N) is 1. The lowest BCUT2D eigenvalue weighted by atomic mass is 10.3. The van der Waals surface area contributed by atoms with Crippen molar-refractivity contribution in [1.82, 2.24) is 4.90 Å². The van der Waals surface area contributed by atoms with E-state index in [9.17, 15) is 9.18 Å². The number of nitrogens with zero attached hydrogens (tertiary/aromatic N) is 1. The molecule has 1 N–H and O–H groups in total. The first-order chi connectivity index (χ1) is 7.69. The molecule has 4 heteroatoms. The highest BCUT2D eigenvalue weighted by Gasteiger charge is 2.09. The molecular weight excluding hydrogens is 207 g/mol. The van der Waals surface area contributed by atoms with Gasteiger partial charge in [-0.05, 0) is 26.0 Å². The van der Waals surface area contributed by atoms with Crippen molar-refractivity contribution in [1.29, 1.82) is 0 Å². The molecule has 0 radical (unpaired) electrons. The quantitative estimate of drug-likeness (QED) is 0.830. The molecule has 1 aromatic carbocycles. The molecule has 0 unspecified atom stereocenters. The van der Waals surface area contributed by atoms with Crippen LogP contribution in [0.2, 0.25) is 0 Å². The summed E-state index contributed by atoms with van der Waals surface area (Å²) in [5.74, 6) is -0.358. The molecule has 1 aromatic rings. The molecule has 88 valence electrons. The van der Waals surface area contributed by atoms with Crippen molar-refractivity contribution in [3.05, 3.63) is 30.1 Å². The van der Waals surface area contributed by atoms with Gasteiger partial charge in [0.15, 0.2) is 0 Å². The molecule has 0 aromatic heterocycles. The molecule has 0 aliphatic rings. The van der Waals surface area contributed by atoms with Gasteiger partial charge in [-0.25, -0.2) is 4.39 Å². The number of carbonyl (C=O) groups excluding carboxylic acids is 1. The Labute approximate surface area is 95.3 Å². The zero-order valence-electron chi connectivity index (χ0n) is 9.66. The molecule has 0 aliphatic heterocycles. The summed E-state index contributed by atoms with van der Waals surface area (Å²) in [6, 6.07) is 6.33. The Balaban J connectivity index is 2.52. The highest BCUT2D eigenvalue weighted by atomic mass is 19.1. The van der Waals surface area contributed by atoms with Gasteiger partial charge in [-0.1, -0.05) is 12.1 Å². The van der Waals surface area contributed by atoms with E-state index in [2.05, 4.69) is 5.32 Å². The Kier molecular flexibility index (Phi) is 4.76. The summed E-state index contributed by atoms with van der Waals surface area (Å²) in [6.45, 7) is 5.32. The van der Waals surface area contributed by atoms with Crippen LogP contribution < -0.4 is 5.32 Å². The van der Waals surface area contributed by atoms with E-state index in [4.69, 9.17) is 0 Å². The maximum absolute atomic E-state index is 13.2. The molecule has 1 rings (SSSR count). The molecule has 1 amide bonds. The SMILES string of the molecule is CCN(CC)C(=O)CNc1ccccc1F. The minimum Gasteiger partial charge on any atom is -0.374 e. The number of para-hydroxylation sites is 1. The first kappa shape index (κ1) is 12.5. The predicted octanol–water partition coefficient (Wildman–Crippen LogP) is 2.11. The maximum atomic E-state index is 13.2. The fraction of sp³-hybridized carbons (Fsp3) is 0.417. The third-order valence-corrected chi connectivity index (χ3v) is 2.42. The molecule has 16 heavy (non-hydrogen) atoms. The average molecular weight is 224 g/mol. The monoisotopic (exact) mass is 224 g/mol. The summed E-state index contributed by atoms with van der Waals surface area (Å²) in [5.41, 5.74) is 0.364. The van der Waals surface area contributed by atoms with Crippen molar-refractivity contribution in [2.45, 2.75) is 13.8 Å². The van der Waals surface area contributed by atoms with E-state index in [1.807, 2.05) is 13.8 Å². The van der Waals surface area contributed by atoms with E-state index in [1.165, 1.54) is 6.07 Å². The number of anilines is 1. The normalized spacial score (nSPS) is 9.94. The highest BCUT2D eigenvalue weighted by Crippen LogP contribution is 2.11. The van der Waals surface area contributed by atoms with Crippen LogP contribution in [0.1, 0.15) is 13.8 Å². The number of amides is 1. The van der Waals surface area contributed by atoms with Crippen molar-refractivity contribution >= 4 is 11.6 Å². The Morgan fingerprint density at radius 1 is 1.31 bits per heavy atom. The predicted molar refractivity (Wildman–Crippen MR) is 62.8 cm³/mol. The zero-order valence-corrected chi connectivity index (χ0v) is 9.66. The Morgan fingerprint density at radius 3 is 2.50 bits per heavy atom. The third-order valence-electron chi connectivity index (χ3n) is 2.42. The Hall–Kier alpha value is -1.58. The number of likely N-dealkylation sites (N-methyl/N-ethyl adjacent to an activating group) is 1. The van der Waals surface area contributed by atoms with Crippen molar-refractivity contribution in [2.75, 3.05) is 25.0 Å². The fourth-order valence-electron chi connectivity index (χ4n) is 1.46. The Bertz CT molecular complexity index is 351. The van der Waals surface area contributed by atoms with Gasteiger partial charge in [0.25, 0.3) is 0 Å². The van der Waals surface area contributed by atoms with E-state index in [-0.39, 0.29) is 18.3 Å². The number of hydrogen-bond donors (Lipinski definition) is 1. The van der Waals surface area contributed by atoms with E-state index >= 15 is 0 Å². The number of hydrogen-bond acceptors (Lipinski definition) is 2. The highest BCUT2D eigenvalue weighted by molar-refractivity contribution is 5.80. The molecule has 0 spiro atoms. The molecule has 0 saturated heterocycles. The van der Waals surface area contributed by atoms with Crippen LogP contribution >= 0.6 is 0 Å². The van der Waals surface area contributed by atoms with Gasteiger partial charge in [-0.15, -0.1) is 0 Å². The second-order valence-corrected chi connectivity index (χ2v) is 3.40. The third kappa shape index (κ3) is 3.22. The van der Waals surface area contributed by atoms with E-state index in [0.29, 0.717) is 18.8 Å². The molecule has 0 bridgehead atoms. The molecule has 0 fully saturated rings. The van der Waals surface area contributed by atoms with Crippen molar-refractivity contribution in [3.8, 4) is 0 Å². The summed E-state index contributed by atoms with van der Waals surface area (Å²) in [7, 11) is 0. The number of benzene rings is 1. The van der Waals surface area contributed by atoms with Crippen molar-refractivity contribution in [3.63, 3.8) is 0 Å². The summed E-state index contributed by atoms with van der Waals surface area (Å²) in [4.78, 5) is 13.3. The first-order valence-corrected chi connectivity index (χ1v) is 5.45. The molecule has 3 nitrogen and oxygen atoms in total. The minimum absolute atomic E-state index is 0.0201. The first-order valence-electron chi connectivity index (χ1n) is 5.45. The van der Waals surface area contributed by atoms with Crippen LogP contribution in [0.3, 0.4) is 0 Å². The molecule has 0 heterocycles. The number of halogens is 1. The van der Waals surface area contributed by atoms with Gasteiger partial charge in [0.05, 0.1) is 12.2 Å². The van der Waals surface area contributed by atoms with Gasteiger partial charge in [-0.3, -0.25) is 4.79 Å². The lowest BCUT2D eigenvalue weighted by molar-refractivity contribution is -0.128. The second kappa shape index (κ2) is 6.10. The van der Waals surface area contributed by atoms with Gasteiger partial charge in [-0.2, -0.15) is 0 Å². The smallest absolute Gasteiger partial charge is 0.241 e. The lowest BCUT2D eigenvalue weighted by Gasteiger charge is -2.19. The van der Waals surface area contributed by atoms with Gasteiger partial charge in [0.1, 0.15) is 5.82 Å². The standard InChI is InChI=1S/C12H17FN2O/c1-3-15(4-2)12(16)9-14-11-8-6-5-7-10(11)13/h5-8,14H,3-4,9H2,1-2H3. The van der Waals surface area contributed by atoms with Crippen LogP contribution in [0.15, 0.2) is 24.3 Å². The molecular formula is C12H17FN2O. The van der Waals surface area contributed by atoms with Gasteiger partial charge in [0.2, 0.25) is 5.91 Å². The maximum Gasteiger partial charge on any atom is 0.241 e. The van der Waals surface area contributed by atoms with E-state index in [1.54, 1.807) is 23.1 Å². The summed E-state index contributed by atoms with van der Waals surface area (Å²) < 4.78 is 13.2. The van der Waals surface area contributed by atoms with E-state index in [0.717, 1.165) is 0 Å². The molecule has 0 atom stereocenters. The van der Waals surface area contributed by atoms with Crippen LogP contribution in [-0.2, 0) is 4.79 Å². The number of rotatable bonds is 5. The summed E-state index contributed by atoms with van der Waals surface area (Å²) in [6.07, 6.45) is 0. The van der Waals surface area contributed by atoms with Crippen molar-refractivity contribution < 1.29 is 9.18 Å². The van der Waals surface area contributed by atoms with Gasteiger partial charge < -0.3 is 10.2 Å². The Morgan fingerprint density at radius 2 is 1.94 bits per heavy atom. The van der Waals surface area contributed by atoms with Gasteiger partial charge >= 0.3 is 0 Å². The zero-order chi connectivity index (χ0) is 12.0. The summed E-state index contributed by atoms with van der Waals surface area (Å²) in [5, 5.41) is 2.80. The van der Waals surface area contributed by atoms with Crippen LogP contribution in [0, 0.1) is 5.82 Å². The molecule has 0 saturated carbocycles. The lowest BCUT2D eigenvalue weighted by Crippen LogP contribution is -2.35. The van der Waals surface area contributed by atoms with Crippen molar-refractivity contribution in [2.24, 2.45) is 0 Å². The summed E-state index contributed by atoms with van der Waals surface area (Å²) >= 11 is 0. The van der Waals surface area contributed by atoms with Crippen LogP contribution in [0.5, 0.6) is 0 Å². The second-order valence-electron chi connectivity index (χ2n) is 3.40. The fourth-order valence-corrected chi connectivity index (χ4v) is 1.46. The molecule has 0 aliphatic carbocycles. The number of carbonyl (C=O) groups is 1. The van der Waals surface area contributed by atoms with Crippen LogP contribution in [0.25, 0.3) is 0 Å². The van der Waals surface area contributed by atoms with E-state index < -0.39 is 0 Å². The largest absolute Gasteiger partial charge is 0.374 e. The topological polar surface area (TPSA) is 32.3 Å². The van der Waals surface area contributed by atoms with Gasteiger partial charge in [0, 0.05) is 13.1 Å². The average Bonchev–Trinajstić information content (AvgIpc) is 2.29. The van der Waals surface area contributed by atoms with Crippen LogP contribution in [-0.4, -0.2) is 30.4 Å². The van der Waals surface area contributed by atoms with Crippen LogP contribution in [0.4, 0.5) is 10.1 Å².